The van der Waals surface area contributed by atoms with E-state index in [0.29, 0.717) is 22.3 Å². The molecular formula is C25H22N4O11S2. The molecule has 2 aromatic carbocycles. The summed E-state index contributed by atoms with van der Waals surface area (Å²) in [5.74, 6) is -3.48. The molecule has 220 valence electrons. The fraction of sp³-hybridized carbons (Fsp3) is 0.280. The highest BCUT2D eigenvalue weighted by Gasteiger charge is 2.69. The van der Waals surface area contributed by atoms with Gasteiger partial charge < -0.3 is 24.3 Å². The fourth-order valence-corrected chi connectivity index (χ4v) is 7.50. The van der Waals surface area contributed by atoms with Crippen LogP contribution >= 0.6 is 0 Å². The van der Waals surface area contributed by atoms with E-state index < -0.39 is 77.0 Å². The van der Waals surface area contributed by atoms with E-state index in [1.807, 2.05) is 0 Å². The van der Waals surface area contributed by atoms with Crippen LogP contribution in [0.1, 0.15) is 18.1 Å². The summed E-state index contributed by atoms with van der Waals surface area (Å²) in [4.78, 5) is 51.5. The van der Waals surface area contributed by atoms with Crippen molar-refractivity contribution in [1.82, 2.24) is 4.90 Å². The molecule has 2 aromatic rings. The normalized spacial score (nSPS) is 20.5. The van der Waals surface area contributed by atoms with Crippen molar-refractivity contribution in [3.8, 4) is 0 Å². The lowest BCUT2D eigenvalue weighted by atomic mass is 9.91. The molecule has 4 atom stereocenters. The maximum absolute atomic E-state index is 13.3. The number of amides is 1. The molecule has 0 radical (unpaired) electrons. The van der Waals surface area contributed by atoms with Crippen molar-refractivity contribution >= 4 is 49.8 Å². The molecule has 2 heterocycles. The molecule has 0 spiro atoms. The quantitative estimate of drug-likeness (QED) is 0.0750. The fourth-order valence-electron chi connectivity index (χ4n) is 4.32. The predicted octanol–water partition coefficient (Wildman–Crippen LogP) is 1.81. The number of non-ortho nitro benzene ring substituents is 1. The van der Waals surface area contributed by atoms with Crippen LogP contribution in [-0.4, -0.2) is 68.4 Å². The summed E-state index contributed by atoms with van der Waals surface area (Å²) in [6, 6.07) is 13.5. The first-order chi connectivity index (χ1) is 19.8. The predicted molar refractivity (Wildman–Crippen MR) is 143 cm³/mol. The van der Waals surface area contributed by atoms with Crippen molar-refractivity contribution < 1.29 is 51.3 Å². The molecule has 1 saturated heterocycles. The number of nitro groups is 1. The first-order valence-electron chi connectivity index (χ1n) is 12.0. The average molecular weight is 619 g/mol. The Kier molecular flexibility index (Phi) is 8.77. The van der Waals surface area contributed by atoms with Crippen molar-refractivity contribution in [1.29, 1.82) is 0 Å². The number of hydrogen-bond donors (Lipinski definition) is 0. The molecule has 0 N–H and O–H groups in total. The highest BCUT2D eigenvalue weighted by atomic mass is 32.2. The molecule has 1 fully saturated rings. The SMILES string of the molecule is CC(OC(=O)OCc1ccc([N+](=O)[O-])cc1)[C@H]1C(=O)N2C(C(=O)OCc3ccccc3)=C(S(C)(=O)=O)C(=[N+]=[N-])[S@+]([O-])[C@@H]12. The Bertz CT molecular complexity index is 1620. The Balaban J connectivity index is 1.53. The Morgan fingerprint density at radius 2 is 1.69 bits per heavy atom. The lowest BCUT2D eigenvalue weighted by Crippen LogP contribution is -2.71. The molecule has 17 heteroatoms. The van der Waals surface area contributed by atoms with Crippen molar-refractivity contribution in [2.75, 3.05) is 6.26 Å². The van der Waals surface area contributed by atoms with Crippen LogP contribution in [0.3, 0.4) is 0 Å². The van der Waals surface area contributed by atoms with E-state index >= 15 is 0 Å². The first kappa shape index (κ1) is 30.4. The van der Waals surface area contributed by atoms with Gasteiger partial charge in [-0.1, -0.05) is 30.3 Å². The monoisotopic (exact) mass is 618 g/mol. The number of carbonyl (C=O) groups is 3. The Labute approximate surface area is 241 Å². The van der Waals surface area contributed by atoms with Crippen molar-refractivity contribution in [2.24, 2.45) is 5.92 Å². The third-order valence-electron chi connectivity index (χ3n) is 6.30. The Morgan fingerprint density at radius 1 is 1.10 bits per heavy atom. The number of fused-ring (bicyclic) bond motifs is 1. The smallest absolute Gasteiger partial charge is 0.508 e. The zero-order chi connectivity index (χ0) is 30.8. The average Bonchev–Trinajstić information content (AvgIpc) is 2.94. The molecule has 1 unspecified atom stereocenters. The van der Waals surface area contributed by atoms with E-state index in [1.54, 1.807) is 30.3 Å². The van der Waals surface area contributed by atoms with Gasteiger partial charge in [-0.2, -0.15) is 0 Å². The van der Waals surface area contributed by atoms with Gasteiger partial charge in [0.2, 0.25) is 16.2 Å². The van der Waals surface area contributed by atoms with Crippen LogP contribution in [-0.2, 0) is 58.0 Å². The van der Waals surface area contributed by atoms with Gasteiger partial charge >= 0.3 is 17.2 Å². The van der Waals surface area contributed by atoms with E-state index in [4.69, 9.17) is 14.2 Å². The number of nitrogens with zero attached hydrogens (tertiary/aromatic N) is 4. The number of esters is 1. The molecule has 0 aliphatic carbocycles. The minimum atomic E-state index is -4.38. The zero-order valence-electron chi connectivity index (χ0n) is 21.9. The van der Waals surface area contributed by atoms with Gasteiger partial charge in [-0.25, -0.2) is 18.0 Å². The van der Waals surface area contributed by atoms with E-state index in [-0.39, 0.29) is 18.9 Å². The van der Waals surface area contributed by atoms with Crippen LogP contribution < -0.4 is 0 Å². The van der Waals surface area contributed by atoms with Gasteiger partial charge in [0, 0.05) is 18.4 Å². The van der Waals surface area contributed by atoms with Crippen LogP contribution in [0.4, 0.5) is 10.5 Å². The Morgan fingerprint density at radius 3 is 2.26 bits per heavy atom. The summed E-state index contributed by atoms with van der Waals surface area (Å²) in [5, 5.41) is 8.47. The van der Waals surface area contributed by atoms with Gasteiger partial charge in [0.05, 0.1) is 16.1 Å². The molecule has 15 nitrogen and oxygen atoms in total. The lowest BCUT2D eigenvalue weighted by Gasteiger charge is -2.48. The minimum absolute atomic E-state index is 0.161. The number of nitro benzene ring substituents is 1. The number of benzene rings is 2. The summed E-state index contributed by atoms with van der Waals surface area (Å²) in [6.45, 7) is 0.692. The zero-order valence-corrected chi connectivity index (χ0v) is 23.6. The topological polar surface area (TPSA) is 219 Å². The van der Waals surface area contributed by atoms with Crippen LogP contribution in [0, 0.1) is 16.0 Å². The second kappa shape index (κ2) is 12.1. The maximum Gasteiger partial charge on any atom is 0.508 e. The van der Waals surface area contributed by atoms with Crippen LogP contribution in [0.15, 0.2) is 65.2 Å². The summed E-state index contributed by atoms with van der Waals surface area (Å²) in [7, 11) is -4.38. The molecule has 42 heavy (non-hydrogen) atoms. The van der Waals surface area contributed by atoms with E-state index in [0.717, 1.165) is 0 Å². The van der Waals surface area contributed by atoms with Gasteiger partial charge in [0.25, 0.3) is 5.69 Å². The number of ether oxygens (including phenoxy) is 3. The number of β-lactam (4-membered cyclic amide) rings is 1. The molecule has 1 amide bonds. The molecule has 0 bridgehead atoms. The molecule has 2 aliphatic rings. The number of hydrogen-bond acceptors (Lipinski definition) is 11. The minimum Gasteiger partial charge on any atom is -0.604 e. The van der Waals surface area contributed by atoms with Crippen LogP contribution in [0.5, 0.6) is 0 Å². The van der Waals surface area contributed by atoms with Gasteiger partial charge in [0.1, 0.15) is 25.2 Å². The second-order valence-electron chi connectivity index (χ2n) is 9.12. The largest absolute Gasteiger partial charge is 0.604 e. The maximum atomic E-state index is 13.3. The Hall–Kier alpha value is -4.57. The van der Waals surface area contributed by atoms with Crippen molar-refractivity contribution in [3.63, 3.8) is 0 Å². The number of rotatable bonds is 9. The van der Waals surface area contributed by atoms with Crippen LogP contribution in [0.25, 0.3) is 5.53 Å². The molecule has 2 aliphatic heterocycles. The molecule has 4 rings (SSSR count). The van der Waals surface area contributed by atoms with Gasteiger partial charge in [0.15, 0.2) is 15.5 Å². The van der Waals surface area contributed by atoms with E-state index in [2.05, 4.69) is 4.79 Å². The third-order valence-corrected chi connectivity index (χ3v) is 9.17. The standard InChI is InChI=1S/C25H22N4O11S2/c1-14(40-25(32)39-13-16-8-10-17(11-9-16)29(33)34)18-22(30)28-19(24(31)38-12-15-6-4-3-5-7-15)20(42(2,36)37)21(27-26)41(35)23(18)28/h3-11,14,18,23H,12-13H2,1-2H3/t14?,18-,23-,41-/m0/s1. The van der Waals surface area contributed by atoms with Crippen molar-refractivity contribution in [3.05, 3.63) is 92.0 Å². The number of sulfone groups is 1. The van der Waals surface area contributed by atoms with Gasteiger partial charge in [-0.3, -0.25) is 19.8 Å². The summed E-state index contributed by atoms with van der Waals surface area (Å²) >= 11 is -2.47. The first-order valence-corrected chi connectivity index (χ1v) is 15.1. The van der Waals surface area contributed by atoms with Crippen LogP contribution in [0.2, 0.25) is 0 Å². The van der Waals surface area contributed by atoms with E-state index in [9.17, 15) is 43.0 Å². The highest BCUT2D eigenvalue weighted by Crippen LogP contribution is 2.44. The lowest BCUT2D eigenvalue weighted by molar-refractivity contribution is -0.384. The summed E-state index contributed by atoms with van der Waals surface area (Å²) in [5.41, 5.74) is 9.62. The van der Waals surface area contributed by atoms with Gasteiger partial charge in [-0.15, -0.1) is 4.79 Å². The molecule has 0 aromatic heterocycles. The third kappa shape index (κ3) is 6.03. The second-order valence-corrected chi connectivity index (χ2v) is 12.5. The number of carbonyl (C=O) groups excluding carboxylic acids is 3. The highest BCUT2D eigenvalue weighted by molar-refractivity contribution is 8.10. The van der Waals surface area contributed by atoms with Gasteiger partial charge in [-0.05, 0) is 30.2 Å². The molecular weight excluding hydrogens is 596 g/mol. The molecule has 0 saturated carbocycles. The summed E-state index contributed by atoms with van der Waals surface area (Å²) in [6.07, 6.45) is -1.82. The van der Waals surface area contributed by atoms with E-state index in [1.165, 1.54) is 31.2 Å². The summed E-state index contributed by atoms with van der Waals surface area (Å²) < 4.78 is 54.0. The van der Waals surface area contributed by atoms with Crippen molar-refractivity contribution in [2.45, 2.75) is 31.6 Å².